The molecule has 0 spiro atoms. The van der Waals surface area contributed by atoms with Crippen LogP contribution in [0.25, 0.3) is 6.08 Å². The molecule has 2 rings (SSSR count). The Kier molecular flexibility index (Phi) is 6.40. The van der Waals surface area contributed by atoms with Crippen LogP contribution in [-0.4, -0.2) is 17.9 Å². The van der Waals surface area contributed by atoms with Gasteiger partial charge in [0.15, 0.2) is 0 Å². The quantitative estimate of drug-likeness (QED) is 0.333. The Bertz CT molecular complexity index is 997. The minimum Gasteiger partial charge on any atom is -0.495 e. The summed E-state index contributed by atoms with van der Waals surface area (Å²) < 4.78 is 5.18. The number of nitrogens with one attached hydrogen (secondary N) is 1. The molecule has 0 aromatic heterocycles. The normalized spacial score (nSPS) is 10.9. The Labute approximate surface area is 164 Å². The minimum atomic E-state index is -0.722. The van der Waals surface area contributed by atoms with Crippen LogP contribution in [0.1, 0.15) is 11.1 Å². The number of nitrogens with zero attached hydrogens (tertiary/aromatic N) is 2. The Hall–Kier alpha value is -3.08. The molecule has 27 heavy (non-hydrogen) atoms. The summed E-state index contributed by atoms with van der Waals surface area (Å²) in [6, 6.07) is 8.64. The first kappa shape index (κ1) is 20.2. The van der Waals surface area contributed by atoms with E-state index in [1.54, 1.807) is 25.1 Å². The summed E-state index contributed by atoms with van der Waals surface area (Å²) in [6.07, 6.45) is 1.18. The number of methoxy groups -OCH3 is 1. The topological polar surface area (TPSA) is 105 Å². The van der Waals surface area contributed by atoms with Gasteiger partial charge in [-0.15, -0.1) is 0 Å². The third-order valence-corrected chi connectivity index (χ3v) is 4.34. The number of hydrogen-bond donors (Lipinski definition) is 1. The molecule has 9 heteroatoms. The van der Waals surface area contributed by atoms with Crippen LogP contribution in [0.15, 0.2) is 35.9 Å². The molecular formula is C18H13Cl2N3O4. The van der Waals surface area contributed by atoms with Gasteiger partial charge in [0.25, 0.3) is 11.6 Å². The number of hydrogen-bond acceptors (Lipinski definition) is 5. The number of rotatable bonds is 5. The number of nitriles is 1. The SMILES string of the molecule is COc1cc(Cl)c(C)cc1NC(=O)/C(C#N)=C/c1cc([N+](=O)[O-])ccc1Cl. The van der Waals surface area contributed by atoms with Crippen LogP contribution in [0.4, 0.5) is 11.4 Å². The number of carbonyl (C=O) groups excluding carboxylic acids is 1. The van der Waals surface area contributed by atoms with E-state index in [1.807, 2.05) is 0 Å². The summed E-state index contributed by atoms with van der Waals surface area (Å²) in [5.41, 5.74) is 0.717. The fourth-order valence-electron chi connectivity index (χ4n) is 2.18. The summed E-state index contributed by atoms with van der Waals surface area (Å²) in [4.78, 5) is 22.8. The third kappa shape index (κ3) is 4.76. The second-order valence-electron chi connectivity index (χ2n) is 5.39. The highest BCUT2D eigenvalue weighted by molar-refractivity contribution is 6.32. The van der Waals surface area contributed by atoms with Gasteiger partial charge >= 0.3 is 0 Å². The molecule has 0 radical (unpaired) electrons. The van der Waals surface area contributed by atoms with E-state index < -0.39 is 10.8 Å². The lowest BCUT2D eigenvalue weighted by atomic mass is 10.1. The monoisotopic (exact) mass is 405 g/mol. The van der Waals surface area contributed by atoms with Crippen molar-refractivity contribution in [1.29, 1.82) is 5.26 Å². The van der Waals surface area contributed by atoms with E-state index in [4.69, 9.17) is 27.9 Å². The van der Waals surface area contributed by atoms with Crippen molar-refractivity contribution in [2.75, 3.05) is 12.4 Å². The van der Waals surface area contributed by atoms with Crippen LogP contribution in [0, 0.1) is 28.4 Å². The van der Waals surface area contributed by atoms with E-state index in [9.17, 15) is 20.2 Å². The first-order chi connectivity index (χ1) is 12.8. The van der Waals surface area contributed by atoms with Gasteiger partial charge in [-0.2, -0.15) is 5.26 Å². The van der Waals surface area contributed by atoms with Crippen molar-refractivity contribution in [3.63, 3.8) is 0 Å². The zero-order chi connectivity index (χ0) is 20.1. The zero-order valence-electron chi connectivity index (χ0n) is 14.2. The maximum absolute atomic E-state index is 12.5. The maximum atomic E-state index is 12.5. The van der Waals surface area contributed by atoms with Gasteiger partial charge in [0.1, 0.15) is 17.4 Å². The lowest BCUT2D eigenvalue weighted by Crippen LogP contribution is -2.14. The van der Waals surface area contributed by atoms with Gasteiger partial charge in [-0.3, -0.25) is 14.9 Å². The third-order valence-electron chi connectivity index (χ3n) is 3.58. The lowest BCUT2D eigenvalue weighted by molar-refractivity contribution is -0.384. The van der Waals surface area contributed by atoms with E-state index >= 15 is 0 Å². The maximum Gasteiger partial charge on any atom is 0.270 e. The Balaban J connectivity index is 2.39. The average Bonchev–Trinajstić information content (AvgIpc) is 2.63. The van der Waals surface area contributed by atoms with Crippen molar-refractivity contribution in [1.82, 2.24) is 0 Å². The fourth-order valence-corrected chi connectivity index (χ4v) is 2.50. The second-order valence-corrected chi connectivity index (χ2v) is 6.20. The fraction of sp³-hybridized carbons (Fsp3) is 0.111. The van der Waals surface area contributed by atoms with Gasteiger partial charge in [0.05, 0.1) is 17.7 Å². The van der Waals surface area contributed by atoms with Gasteiger partial charge in [-0.1, -0.05) is 23.2 Å². The van der Waals surface area contributed by atoms with Crippen molar-refractivity contribution in [2.45, 2.75) is 6.92 Å². The predicted molar refractivity (Wildman–Crippen MR) is 103 cm³/mol. The first-order valence-electron chi connectivity index (χ1n) is 7.48. The molecule has 2 aromatic carbocycles. The van der Waals surface area contributed by atoms with E-state index in [0.29, 0.717) is 22.0 Å². The molecule has 0 fully saturated rings. The number of benzene rings is 2. The molecule has 0 heterocycles. The Morgan fingerprint density at radius 2 is 2.00 bits per heavy atom. The van der Waals surface area contributed by atoms with Gasteiger partial charge in [0.2, 0.25) is 0 Å². The van der Waals surface area contributed by atoms with E-state index in [2.05, 4.69) is 5.32 Å². The van der Waals surface area contributed by atoms with Crippen LogP contribution in [-0.2, 0) is 4.79 Å². The number of non-ortho nitro benzene ring substituents is 1. The molecule has 0 aliphatic heterocycles. The van der Waals surface area contributed by atoms with Crippen molar-refractivity contribution < 1.29 is 14.5 Å². The van der Waals surface area contributed by atoms with Gasteiger partial charge < -0.3 is 10.1 Å². The van der Waals surface area contributed by atoms with Gasteiger partial charge in [-0.25, -0.2) is 0 Å². The van der Waals surface area contributed by atoms with Gasteiger partial charge in [-0.05, 0) is 30.7 Å². The number of aryl methyl sites for hydroxylation is 1. The number of nitro groups is 1. The highest BCUT2D eigenvalue weighted by Gasteiger charge is 2.16. The number of halogens is 2. The molecule has 0 saturated heterocycles. The first-order valence-corrected chi connectivity index (χ1v) is 8.23. The summed E-state index contributed by atoms with van der Waals surface area (Å²) in [5.74, 6) is -0.398. The smallest absolute Gasteiger partial charge is 0.270 e. The highest BCUT2D eigenvalue weighted by atomic mass is 35.5. The summed E-state index contributed by atoms with van der Waals surface area (Å²) in [6.45, 7) is 1.75. The number of carbonyl (C=O) groups is 1. The van der Waals surface area contributed by atoms with Crippen LogP contribution in [0.5, 0.6) is 5.75 Å². The Morgan fingerprint density at radius 3 is 2.59 bits per heavy atom. The molecule has 138 valence electrons. The van der Waals surface area contributed by atoms with Crippen molar-refractivity contribution in [2.24, 2.45) is 0 Å². The second kappa shape index (κ2) is 8.54. The molecule has 1 N–H and O–H groups in total. The number of anilines is 1. The standard InChI is InChI=1S/C18H13Cl2N3O4/c1-10-5-16(17(27-2)8-15(10)20)22-18(24)12(9-21)6-11-7-13(23(25)26)3-4-14(11)19/h3-8H,1-2H3,(H,22,24)/b12-6+. The number of nitro benzene ring substituents is 1. The molecule has 0 saturated carbocycles. The highest BCUT2D eigenvalue weighted by Crippen LogP contribution is 2.31. The number of amides is 1. The van der Waals surface area contributed by atoms with E-state index in [-0.39, 0.29) is 21.8 Å². The minimum absolute atomic E-state index is 0.168. The van der Waals surface area contributed by atoms with Gasteiger partial charge in [0, 0.05) is 33.8 Å². The molecule has 0 atom stereocenters. The zero-order valence-corrected chi connectivity index (χ0v) is 15.8. The molecule has 0 aliphatic carbocycles. The predicted octanol–water partition coefficient (Wildman–Crippen LogP) is 4.76. The van der Waals surface area contributed by atoms with Crippen molar-refractivity contribution >= 4 is 46.6 Å². The molecular weight excluding hydrogens is 393 g/mol. The summed E-state index contributed by atoms with van der Waals surface area (Å²) >= 11 is 12.0. The van der Waals surface area contributed by atoms with Crippen LogP contribution < -0.4 is 10.1 Å². The lowest BCUT2D eigenvalue weighted by Gasteiger charge is -2.12. The molecule has 0 unspecified atom stereocenters. The van der Waals surface area contributed by atoms with Crippen LogP contribution in [0.3, 0.4) is 0 Å². The van der Waals surface area contributed by atoms with Crippen molar-refractivity contribution in [3.05, 3.63) is 67.2 Å². The number of ether oxygens (including phenoxy) is 1. The molecule has 0 bridgehead atoms. The average molecular weight is 406 g/mol. The molecule has 2 aromatic rings. The summed E-state index contributed by atoms with van der Waals surface area (Å²) in [7, 11) is 1.42. The van der Waals surface area contributed by atoms with E-state index in [0.717, 1.165) is 0 Å². The van der Waals surface area contributed by atoms with Crippen LogP contribution in [0.2, 0.25) is 10.0 Å². The van der Waals surface area contributed by atoms with Crippen LogP contribution >= 0.6 is 23.2 Å². The summed E-state index contributed by atoms with van der Waals surface area (Å²) in [5, 5.41) is 23.4. The van der Waals surface area contributed by atoms with E-state index in [1.165, 1.54) is 31.4 Å². The molecule has 0 aliphatic rings. The Morgan fingerprint density at radius 1 is 1.30 bits per heavy atom. The largest absolute Gasteiger partial charge is 0.495 e. The molecule has 1 amide bonds. The molecule has 7 nitrogen and oxygen atoms in total. The van der Waals surface area contributed by atoms with Crippen molar-refractivity contribution in [3.8, 4) is 11.8 Å².